The van der Waals surface area contributed by atoms with Crippen LogP contribution in [0.5, 0.6) is 5.75 Å². The molecular formula is C17H18FNO2S. The summed E-state index contributed by atoms with van der Waals surface area (Å²) in [6, 6.07) is 10.7. The van der Waals surface area contributed by atoms with Crippen molar-refractivity contribution in [2.45, 2.75) is 24.0 Å². The van der Waals surface area contributed by atoms with Crippen LogP contribution in [0.15, 0.2) is 41.3 Å². The van der Waals surface area contributed by atoms with Crippen molar-refractivity contribution in [1.29, 1.82) is 0 Å². The van der Waals surface area contributed by atoms with E-state index in [2.05, 4.69) is 5.32 Å². The van der Waals surface area contributed by atoms with Crippen LogP contribution in [0.4, 0.5) is 10.1 Å². The van der Waals surface area contributed by atoms with Crippen LogP contribution in [0.2, 0.25) is 0 Å². The average molecular weight is 319 g/mol. The van der Waals surface area contributed by atoms with Crippen LogP contribution < -0.4 is 10.1 Å². The second-order valence-corrected chi connectivity index (χ2v) is 6.34. The van der Waals surface area contributed by atoms with Crippen LogP contribution in [0, 0.1) is 5.82 Å². The minimum atomic E-state index is -0.209. The van der Waals surface area contributed by atoms with Gasteiger partial charge in [-0.15, -0.1) is 11.8 Å². The number of ether oxygens (including phenoxy) is 1. The maximum Gasteiger partial charge on any atom is 0.124 e. The fourth-order valence-electron chi connectivity index (χ4n) is 2.71. The molecule has 1 aliphatic heterocycles. The van der Waals surface area contributed by atoms with Gasteiger partial charge in [0.2, 0.25) is 0 Å². The minimum absolute atomic E-state index is 0.0758. The molecule has 2 aromatic rings. The van der Waals surface area contributed by atoms with Crippen LogP contribution in [0.25, 0.3) is 0 Å². The highest BCUT2D eigenvalue weighted by Gasteiger charge is 2.21. The number of aliphatic hydroxyl groups excluding tert-OH is 1. The predicted octanol–water partition coefficient (Wildman–Crippen LogP) is 3.98. The Balaban J connectivity index is 1.87. The molecule has 0 saturated heterocycles. The van der Waals surface area contributed by atoms with E-state index in [4.69, 9.17) is 4.74 Å². The van der Waals surface area contributed by atoms with Crippen molar-refractivity contribution in [2.75, 3.05) is 18.2 Å². The number of benzene rings is 2. The van der Waals surface area contributed by atoms with Crippen LogP contribution in [-0.4, -0.2) is 18.0 Å². The molecule has 1 atom stereocenters. The van der Waals surface area contributed by atoms with E-state index in [1.54, 1.807) is 24.9 Å². The molecule has 0 fully saturated rings. The molecule has 2 aromatic carbocycles. The number of methoxy groups -OCH3 is 1. The topological polar surface area (TPSA) is 41.5 Å². The first-order valence-corrected chi connectivity index (χ1v) is 8.16. The summed E-state index contributed by atoms with van der Waals surface area (Å²) >= 11 is 1.76. The lowest BCUT2D eigenvalue weighted by molar-refractivity contribution is 0.274. The van der Waals surface area contributed by atoms with E-state index in [0.717, 1.165) is 33.9 Å². The van der Waals surface area contributed by atoms with Gasteiger partial charge in [-0.3, -0.25) is 0 Å². The van der Waals surface area contributed by atoms with E-state index < -0.39 is 0 Å². The number of thioether (sulfide) groups is 1. The molecule has 0 spiro atoms. The van der Waals surface area contributed by atoms with E-state index in [1.807, 2.05) is 24.3 Å². The molecule has 0 amide bonds. The van der Waals surface area contributed by atoms with Crippen molar-refractivity contribution >= 4 is 17.4 Å². The molecule has 1 heterocycles. The number of anilines is 1. The summed E-state index contributed by atoms with van der Waals surface area (Å²) < 4.78 is 18.7. The fraction of sp³-hybridized carbons (Fsp3) is 0.294. The Bertz CT molecular complexity index is 678. The molecule has 3 rings (SSSR count). The first-order valence-electron chi connectivity index (χ1n) is 7.18. The largest absolute Gasteiger partial charge is 0.496 e. The lowest BCUT2D eigenvalue weighted by Crippen LogP contribution is -2.16. The van der Waals surface area contributed by atoms with E-state index in [1.165, 1.54) is 6.07 Å². The molecule has 3 nitrogen and oxygen atoms in total. The van der Waals surface area contributed by atoms with Crippen LogP contribution in [0.1, 0.15) is 23.6 Å². The van der Waals surface area contributed by atoms with Crippen molar-refractivity contribution in [3.63, 3.8) is 0 Å². The SMILES string of the molecule is COc1ccc(NC2CCSc3ccc(F)cc32)cc1CO. The number of halogens is 1. The average Bonchev–Trinajstić information content (AvgIpc) is 2.55. The zero-order chi connectivity index (χ0) is 15.5. The van der Waals surface area contributed by atoms with Gasteiger partial charge in [-0.25, -0.2) is 4.39 Å². The molecular weight excluding hydrogens is 301 g/mol. The monoisotopic (exact) mass is 319 g/mol. The number of rotatable bonds is 4. The Kier molecular flexibility index (Phi) is 4.55. The Morgan fingerprint density at radius 2 is 2.18 bits per heavy atom. The quantitative estimate of drug-likeness (QED) is 0.894. The van der Waals surface area contributed by atoms with Crippen LogP contribution in [0.3, 0.4) is 0 Å². The maximum atomic E-state index is 13.5. The number of aliphatic hydroxyl groups is 1. The summed E-state index contributed by atoms with van der Waals surface area (Å²) in [7, 11) is 1.58. The van der Waals surface area contributed by atoms with Gasteiger partial charge in [0.05, 0.1) is 19.8 Å². The number of hydrogen-bond donors (Lipinski definition) is 2. The zero-order valence-electron chi connectivity index (χ0n) is 12.3. The summed E-state index contributed by atoms with van der Waals surface area (Å²) in [4.78, 5) is 1.13. The number of nitrogens with one attached hydrogen (secondary N) is 1. The fourth-order valence-corrected chi connectivity index (χ4v) is 3.81. The third kappa shape index (κ3) is 3.05. The normalized spacial score (nSPS) is 17.0. The molecule has 1 unspecified atom stereocenters. The smallest absolute Gasteiger partial charge is 0.124 e. The lowest BCUT2D eigenvalue weighted by Gasteiger charge is -2.27. The highest BCUT2D eigenvalue weighted by atomic mass is 32.2. The minimum Gasteiger partial charge on any atom is -0.496 e. The second-order valence-electron chi connectivity index (χ2n) is 5.20. The molecule has 0 aliphatic carbocycles. The standard InChI is InChI=1S/C17H18FNO2S/c1-21-16-4-3-13(8-11(16)10-20)19-15-6-7-22-17-5-2-12(18)9-14(15)17/h2-5,8-9,15,19-20H,6-7,10H2,1H3. The van der Waals surface area contributed by atoms with Gasteiger partial charge in [0.25, 0.3) is 0 Å². The number of hydrogen-bond acceptors (Lipinski definition) is 4. The number of fused-ring (bicyclic) bond motifs is 1. The van der Waals surface area contributed by atoms with Gasteiger partial charge in [-0.2, -0.15) is 0 Å². The predicted molar refractivity (Wildman–Crippen MR) is 87.0 cm³/mol. The van der Waals surface area contributed by atoms with Gasteiger partial charge in [0, 0.05) is 21.9 Å². The molecule has 5 heteroatoms. The van der Waals surface area contributed by atoms with Crippen molar-refractivity contribution in [3.8, 4) is 5.75 Å². The van der Waals surface area contributed by atoms with E-state index in [0.29, 0.717) is 5.75 Å². The van der Waals surface area contributed by atoms with Gasteiger partial charge < -0.3 is 15.2 Å². The Morgan fingerprint density at radius 3 is 2.95 bits per heavy atom. The first-order chi connectivity index (χ1) is 10.7. The Hall–Kier alpha value is -1.72. The highest BCUT2D eigenvalue weighted by Crippen LogP contribution is 2.38. The summed E-state index contributed by atoms with van der Waals surface area (Å²) in [5, 5.41) is 12.9. The highest BCUT2D eigenvalue weighted by molar-refractivity contribution is 7.99. The van der Waals surface area contributed by atoms with Gasteiger partial charge in [0.1, 0.15) is 11.6 Å². The van der Waals surface area contributed by atoms with Gasteiger partial charge in [-0.1, -0.05) is 0 Å². The summed E-state index contributed by atoms with van der Waals surface area (Å²) in [6.07, 6.45) is 0.932. The van der Waals surface area contributed by atoms with E-state index >= 15 is 0 Å². The molecule has 0 aromatic heterocycles. The van der Waals surface area contributed by atoms with Crippen molar-refractivity contribution in [2.24, 2.45) is 0 Å². The van der Waals surface area contributed by atoms with Gasteiger partial charge in [0.15, 0.2) is 0 Å². The Labute approximate surface area is 133 Å². The molecule has 22 heavy (non-hydrogen) atoms. The van der Waals surface area contributed by atoms with Crippen LogP contribution in [-0.2, 0) is 6.61 Å². The third-order valence-corrected chi connectivity index (χ3v) is 4.93. The van der Waals surface area contributed by atoms with Crippen LogP contribution >= 0.6 is 11.8 Å². The third-order valence-electron chi connectivity index (χ3n) is 3.80. The lowest BCUT2D eigenvalue weighted by atomic mass is 10.0. The molecule has 116 valence electrons. The summed E-state index contributed by atoms with van der Waals surface area (Å²) in [5.74, 6) is 1.46. The van der Waals surface area contributed by atoms with Gasteiger partial charge >= 0.3 is 0 Å². The molecule has 1 aliphatic rings. The second kappa shape index (κ2) is 6.58. The summed E-state index contributed by atoms with van der Waals surface area (Å²) in [5.41, 5.74) is 2.63. The first kappa shape index (κ1) is 15.2. The van der Waals surface area contributed by atoms with Gasteiger partial charge in [-0.05, 0) is 48.4 Å². The molecule has 0 saturated carbocycles. The zero-order valence-corrected chi connectivity index (χ0v) is 13.1. The molecule has 2 N–H and O–H groups in total. The maximum absolute atomic E-state index is 13.5. The Morgan fingerprint density at radius 1 is 1.32 bits per heavy atom. The van der Waals surface area contributed by atoms with Crippen molar-refractivity contribution in [1.82, 2.24) is 0 Å². The summed E-state index contributed by atoms with van der Waals surface area (Å²) in [6.45, 7) is -0.0789. The molecule has 0 radical (unpaired) electrons. The van der Waals surface area contributed by atoms with Crippen molar-refractivity contribution < 1.29 is 14.2 Å². The van der Waals surface area contributed by atoms with E-state index in [9.17, 15) is 9.50 Å². The molecule has 0 bridgehead atoms. The van der Waals surface area contributed by atoms with Crippen molar-refractivity contribution in [3.05, 3.63) is 53.3 Å². The van der Waals surface area contributed by atoms with E-state index in [-0.39, 0.29) is 18.5 Å².